The SMILES string of the molecule is COCC(COC)n1ccc2cc(Nc3cnccn3)nc(NC(C)(C)C)c2c1=O. The van der Waals surface area contributed by atoms with Crippen LogP contribution in [0.1, 0.15) is 26.8 Å². The number of nitrogens with one attached hydrogen (secondary N) is 2. The predicted octanol–water partition coefficient (Wildman–Crippen LogP) is 2.97. The van der Waals surface area contributed by atoms with E-state index in [1.807, 2.05) is 32.9 Å². The summed E-state index contributed by atoms with van der Waals surface area (Å²) in [7, 11) is 3.21. The molecule has 0 saturated heterocycles. The third-order valence-electron chi connectivity index (χ3n) is 4.34. The van der Waals surface area contributed by atoms with E-state index < -0.39 is 0 Å². The van der Waals surface area contributed by atoms with Crippen LogP contribution in [-0.2, 0) is 9.47 Å². The Hall–Kier alpha value is -3.04. The Bertz CT molecular complexity index is 1040. The number of aromatic nitrogens is 4. The zero-order valence-electron chi connectivity index (χ0n) is 18.0. The van der Waals surface area contributed by atoms with Gasteiger partial charge in [0.15, 0.2) is 0 Å². The Balaban J connectivity index is 2.15. The van der Waals surface area contributed by atoms with E-state index >= 15 is 0 Å². The van der Waals surface area contributed by atoms with E-state index in [2.05, 4.69) is 25.6 Å². The van der Waals surface area contributed by atoms with E-state index in [0.29, 0.717) is 36.1 Å². The minimum Gasteiger partial charge on any atom is -0.382 e. The molecule has 3 heterocycles. The van der Waals surface area contributed by atoms with E-state index in [9.17, 15) is 4.79 Å². The lowest BCUT2D eigenvalue weighted by molar-refractivity contribution is 0.0881. The minimum atomic E-state index is -0.295. The van der Waals surface area contributed by atoms with Crippen LogP contribution in [0.2, 0.25) is 0 Å². The highest BCUT2D eigenvalue weighted by Gasteiger charge is 2.20. The first-order valence-electron chi connectivity index (χ1n) is 9.67. The second-order valence-corrected chi connectivity index (χ2v) is 8.00. The normalized spacial score (nSPS) is 11.8. The summed E-state index contributed by atoms with van der Waals surface area (Å²) in [5.41, 5.74) is -0.451. The molecule has 0 atom stereocenters. The van der Waals surface area contributed by atoms with Crippen molar-refractivity contribution in [3.63, 3.8) is 0 Å². The van der Waals surface area contributed by atoms with Crippen LogP contribution in [0.5, 0.6) is 0 Å². The third-order valence-corrected chi connectivity index (χ3v) is 4.34. The van der Waals surface area contributed by atoms with Gasteiger partial charge in [-0.3, -0.25) is 9.78 Å². The van der Waals surface area contributed by atoms with Crippen molar-refractivity contribution in [3.05, 3.63) is 47.3 Å². The van der Waals surface area contributed by atoms with Crippen molar-refractivity contribution in [2.75, 3.05) is 38.1 Å². The fraction of sp³-hybridized carbons (Fsp3) is 0.429. The predicted molar refractivity (Wildman–Crippen MR) is 117 cm³/mol. The molecule has 0 aliphatic rings. The fourth-order valence-electron chi connectivity index (χ4n) is 3.16. The van der Waals surface area contributed by atoms with Crippen molar-refractivity contribution in [2.24, 2.45) is 0 Å². The highest BCUT2D eigenvalue weighted by atomic mass is 16.5. The van der Waals surface area contributed by atoms with E-state index in [1.165, 1.54) is 0 Å². The third kappa shape index (κ3) is 5.11. The molecule has 3 aromatic rings. The van der Waals surface area contributed by atoms with Crippen LogP contribution in [0.25, 0.3) is 10.8 Å². The number of hydrogen-bond acceptors (Lipinski definition) is 8. The van der Waals surface area contributed by atoms with E-state index in [0.717, 1.165) is 5.39 Å². The maximum Gasteiger partial charge on any atom is 0.262 e. The molecule has 0 fully saturated rings. The van der Waals surface area contributed by atoms with Crippen LogP contribution >= 0.6 is 0 Å². The van der Waals surface area contributed by atoms with Crippen LogP contribution in [0.4, 0.5) is 17.5 Å². The first-order valence-corrected chi connectivity index (χ1v) is 9.67. The van der Waals surface area contributed by atoms with Gasteiger partial charge >= 0.3 is 0 Å². The molecule has 0 aliphatic heterocycles. The molecule has 0 bridgehead atoms. The Morgan fingerprint density at radius 1 is 1.13 bits per heavy atom. The molecule has 2 N–H and O–H groups in total. The van der Waals surface area contributed by atoms with Gasteiger partial charge in [0.2, 0.25) is 0 Å². The molecule has 30 heavy (non-hydrogen) atoms. The highest BCUT2D eigenvalue weighted by Crippen LogP contribution is 2.26. The summed E-state index contributed by atoms with van der Waals surface area (Å²) in [6.07, 6.45) is 6.58. The molecule has 160 valence electrons. The molecular weight excluding hydrogens is 384 g/mol. The smallest absolute Gasteiger partial charge is 0.262 e. The lowest BCUT2D eigenvalue weighted by Gasteiger charge is -2.24. The molecule has 0 amide bonds. The number of anilines is 3. The monoisotopic (exact) mass is 412 g/mol. The van der Waals surface area contributed by atoms with Crippen molar-refractivity contribution in [1.29, 1.82) is 0 Å². The van der Waals surface area contributed by atoms with Gasteiger partial charge < -0.3 is 24.7 Å². The molecule has 3 rings (SSSR count). The van der Waals surface area contributed by atoms with Gasteiger partial charge in [0.05, 0.1) is 30.8 Å². The second-order valence-electron chi connectivity index (χ2n) is 8.00. The largest absolute Gasteiger partial charge is 0.382 e. The van der Waals surface area contributed by atoms with Crippen molar-refractivity contribution in [1.82, 2.24) is 19.5 Å². The molecule has 0 radical (unpaired) electrons. The van der Waals surface area contributed by atoms with Gasteiger partial charge in [-0.05, 0) is 38.3 Å². The first kappa shape index (κ1) is 21.7. The number of nitrogens with zero attached hydrogens (tertiary/aromatic N) is 4. The topological polar surface area (TPSA) is 103 Å². The number of methoxy groups -OCH3 is 2. The Kier molecular flexibility index (Phi) is 6.63. The van der Waals surface area contributed by atoms with Gasteiger partial charge in [-0.2, -0.15) is 0 Å². The van der Waals surface area contributed by atoms with Gasteiger partial charge in [-0.1, -0.05) is 0 Å². The summed E-state index contributed by atoms with van der Waals surface area (Å²) >= 11 is 0. The molecule has 0 saturated carbocycles. The van der Waals surface area contributed by atoms with Gasteiger partial charge in [-0.15, -0.1) is 0 Å². The summed E-state index contributed by atoms with van der Waals surface area (Å²) < 4.78 is 12.2. The maximum atomic E-state index is 13.4. The quantitative estimate of drug-likeness (QED) is 0.582. The van der Waals surface area contributed by atoms with E-state index in [-0.39, 0.29) is 17.1 Å². The molecule has 0 aromatic carbocycles. The van der Waals surface area contributed by atoms with Crippen molar-refractivity contribution in [2.45, 2.75) is 32.4 Å². The molecule has 9 heteroatoms. The fourth-order valence-corrected chi connectivity index (χ4v) is 3.16. The molecule has 0 unspecified atom stereocenters. The highest BCUT2D eigenvalue weighted by molar-refractivity contribution is 5.93. The van der Waals surface area contributed by atoms with Crippen molar-refractivity contribution < 1.29 is 9.47 Å². The summed E-state index contributed by atoms with van der Waals surface area (Å²) in [5, 5.41) is 7.78. The van der Waals surface area contributed by atoms with Crippen LogP contribution in [0.15, 0.2) is 41.7 Å². The lowest BCUT2D eigenvalue weighted by atomic mass is 10.1. The second kappa shape index (κ2) is 9.19. The van der Waals surface area contributed by atoms with E-state index in [1.54, 1.807) is 43.6 Å². The summed E-state index contributed by atoms with van der Waals surface area (Å²) in [5.74, 6) is 1.64. The Morgan fingerprint density at radius 2 is 1.87 bits per heavy atom. The van der Waals surface area contributed by atoms with Crippen LogP contribution in [0, 0.1) is 0 Å². The van der Waals surface area contributed by atoms with Gasteiger partial charge in [0.1, 0.15) is 17.5 Å². The summed E-state index contributed by atoms with van der Waals surface area (Å²) in [4.78, 5) is 26.4. The van der Waals surface area contributed by atoms with Crippen molar-refractivity contribution in [3.8, 4) is 0 Å². The molecule has 3 aromatic heterocycles. The van der Waals surface area contributed by atoms with Crippen molar-refractivity contribution >= 4 is 28.2 Å². The standard InChI is InChI=1S/C21H28N6O3/c1-21(2,3)26-19-18-14(10-16(25-19)24-17-11-22-7-8-23-17)6-9-27(20(18)28)15(12-29-4)13-30-5/h6-11,15H,12-13H2,1-5H3,(H2,23,24,25,26). The average Bonchev–Trinajstić information content (AvgIpc) is 2.67. The van der Waals surface area contributed by atoms with Crippen LogP contribution in [-0.4, -0.2) is 52.5 Å². The molecular formula is C21H28N6O3. The first-order chi connectivity index (χ1) is 14.3. The summed E-state index contributed by atoms with van der Waals surface area (Å²) in [6.45, 7) is 6.78. The zero-order chi connectivity index (χ0) is 21.7. The van der Waals surface area contributed by atoms with Crippen LogP contribution < -0.4 is 16.2 Å². The average molecular weight is 412 g/mol. The Labute approximate surface area is 175 Å². The lowest BCUT2D eigenvalue weighted by Crippen LogP contribution is -2.32. The summed E-state index contributed by atoms with van der Waals surface area (Å²) in [6, 6.07) is 3.48. The van der Waals surface area contributed by atoms with Crippen LogP contribution in [0.3, 0.4) is 0 Å². The number of pyridine rings is 2. The number of ether oxygens (including phenoxy) is 2. The van der Waals surface area contributed by atoms with Gasteiger partial charge in [0, 0.05) is 38.3 Å². The maximum absolute atomic E-state index is 13.4. The van der Waals surface area contributed by atoms with Gasteiger partial charge in [-0.25, -0.2) is 9.97 Å². The number of fused-ring (bicyclic) bond motifs is 1. The molecule has 0 aliphatic carbocycles. The number of rotatable bonds is 8. The van der Waals surface area contributed by atoms with E-state index in [4.69, 9.17) is 9.47 Å². The zero-order valence-corrected chi connectivity index (χ0v) is 18.0. The molecule has 9 nitrogen and oxygen atoms in total. The minimum absolute atomic E-state index is 0.156. The number of hydrogen-bond donors (Lipinski definition) is 2. The van der Waals surface area contributed by atoms with Gasteiger partial charge in [0.25, 0.3) is 5.56 Å². The Morgan fingerprint density at radius 3 is 2.47 bits per heavy atom. The molecule has 0 spiro atoms.